The molecule has 1 heterocycles. The van der Waals surface area contributed by atoms with E-state index in [4.69, 9.17) is 9.47 Å². The molecule has 138 valence electrons. The maximum absolute atomic E-state index is 12.0. The second-order valence-corrected chi connectivity index (χ2v) is 6.00. The third-order valence-electron chi connectivity index (χ3n) is 3.11. The highest BCUT2D eigenvalue weighted by molar-refractivity contribution is 9.10. The van der Waals surface area contributed by atoms with Crippen LogP contribution in [0.1, 0.15) is 35.6 Å². The number of hydrazone groups is 1. The van der Waals surface area contributed by atoms with Crippen molar-refractivity contribution in [2.45, 2.75) is 20.8 Å². The lowest BCUT2D eigenvalue weighted by molar-refractivity contribution is 0.0949. The van der Waals surface area contributed by atoms with Crippen molar-refractivity contribution in [2.75, 3.05) is 13.2 Å². The van der Waals surface area contributed by atoms with Crippen LogP contribution < -0.4 is 20.6 Å². The van der Waals surface area contributed by atoms with Crippen molar-refractivity contribution in [3.8, 4) is 11.5 Å². The molecule has 9 heteroatoms. The highest BCUT2D eigenvalue weighted by Gasteiger charge is 2.12. The molecular weight excluding hydrogens is 404 g/mol. The Hall–Kier alpha value is -2.68. The van der Waals surface area contributed by atoms with Gasteiger partial charge in [0.25, 0.3) is 5.91 Å². The van der Waals surface area contributed by atoms with Gasteiger partial charge in [0.15, 0.2) is 11.5 Å². The number of benzene rings is 1. The number of aryl methyl sites for hydroxylation is 1. The molecule has 0 aliphatic carbocycles. The Morgan fingerprint density at radius 3 is 2.69 bits per heavy atom. The van der Waals surface area contributed by atoms with E-state index in [1.165, 1.54) is 12.3 Å². The lowest BCUT2D eigenvalue weighted by Crippen LogP contribution is -2.24. The predicted octanol–water partition coefficient (Wildman–Crippen LogP) is 2.40. The first-order valence-electron chi connectivity index (χ1n) is 7.95. The minimum absolute atomic E-state index is 0.00807. The number of amides is 1. The first-order chi connectivity index (χ1) is 12.4. The van der Waals surface area contributed by atoms with Crippen LogP contribution in [0.3, 0.4) is 0 Å². The lowest BCUT2D eigenvalue weighted by Gasteiger charge is -2.13. The number of aromatic nitrogens is 2. The number of hydrogen-bond acceptors (Lipinski definition) is 6. The topological polar surface area (TPSA) is 106 Å². The summed E-state index contributed by atoms with van der Waals surface area (Å²) in [5.41, 5.74) is 2.98. The van der Waals surface area contributed by atoms with Gasteiger partial charge in [-0.05, 0) is 60.5 Å². The molecule has 0 saturated heterocycles. The number of rotatable bonds is 7. The van der Waals surface area contributed by atoms with Crippen LogP contribution in [0.25, 0.3) is 0 Å². The van der Waals surface area contributed by atoms with Gasteiger partial charge in [-0.1, -0.05) is 0 Å². The molecule has 0 aliphatic heterocycles. The summed E-state index contributed by atoms with van der Waals surface area (Å²) in [4.78, 5) is 29.4. The van der Waals surface area contributed by atoms with Crippen LogP contribution in [-0.4, -0.2) is 35.3 Å². The van der Waals surface area contributed by atoms with Gasteiger partial charge in [0.1, 0.15) is 5.69 Å². The third-order valence-corrected chi connectivity index (χ3v) is 3.70. The molecule has 0 fully saturated rings. The molecule has 0 radical (unpaired) electrons. The van der Waals surface area contributed by atoms with Gasteiger partial charge in [-0.3, -0.25) is 4.79 Å². The smallest absolute Gasteiger partial charge is 0.345 e. The zero-order valence-corrected chi connectivity index (χ0v) is 16.2. The van der Waals surface area contributed by atoms with Crippen molar-refractivity contribution in [3.63, 3.8) is 0 Å². The number of nitrogens with one attached hydrogen (secondary N) is 2. The van der Waals surface area contributed by atoms with Gasteiger partial charge in [-0.25, -0.2) is 10.2 Å². The fourth-order valence-electron chi connectivity index (χ4n) is 2.13. The summed E-state index contributed by atoms with van der Waals surface area (Å²) in [6.07, 6.45) is 1.46. The Bertz CT molecular complexity index is 880. The maximum atomic E-state index is 12.0. The van der Waals surface area contributed by atoms with Gasteiger partial charge < -0.3 is 14.5 Å². The Balaban J connectivity index is 2.16. The number of ether oxygens (including phenoxy) is 2. The molecule has 0 atom stereocenters. The van der Waals surface area contributed by atoms with Crippen molar-refractivity contribution < 1.29 is 14.3 Å². The van der Waals surface area contributed by atoms with E-state index in [2.05, 4.69) is 36.4 Å². The van der Waals surface area contributed by atoms with E-state index in [-0.39, 0.29) is 5.69 Å². The van der Waals surface area contributed by atoms with Crippen LogP contribution in [0.5, 0.6) is 11.5 Å². The summed E-state index contributed by atoms with van der Waals surface area (Å²) in [6.45, 7) is 6.41. The number of carbonyl (C=O) groups excluding carboxylic acids is 1. The standard InChI is InChI=1S/C17H19BrN4O4/c1-4-25-14-8-11(7-12(18)15(14)26-5-2)9-19-22-16(23)13-6-10(3)20-17(24)21-13/h6-9H,4-5H2,1-3H3,(H,22,23)(H,20,21,24)/b19-9+. The zero-order valence-electron chi connectivity index (χ0n) is 14.6. The van der Waals surface area contributed by atoms with Gasteiger partial charge in [0.05, 0.1) is 23.9 Å². The van der Waals surface area contributed by atoms with E-state index >= 15 is 0 Å². The second-order valence-electron chi connectivity index (χ2n) is 5.15. The Kier molecular flexibility index (Phi) is 6.90. The number of nitrogens with zero attached hydrogens (tertiary/aromatic N) is 2. The molecule has 0 saturated carbocycles. The van der Waals surface area contributed by atoms with Gasteiger partial charge >= 0.3 is 5.69 Å². The minimum Gasteiger partial charge on any atom is -0.490 e. The van der Waals surface area contributed by atoms with Crippen molar-refractivity contribution in [1.29, 1.82) is 0 Å². The molecule has 8 nitrogen and oxygen atoms in total. The molecule has 1 amide bonds. The van der Waals surface area contributed by atoms with E-state index in [1.807, 2.05) is 13.8 Å². The van der Waals surface area contributed by atoms with Crippen molar-refractivity contribution in [3.05, 3.63) is 50.1 Å². The van der Waals surface area contributed by atoms with Crippen LogP contribution in [0.15, 0.2) is 32.6 Å². The van der Waals surface area contributed by atoms with E-state index in [1.54, 1.807) is 19.1 Å². The largest absolute Gasteiger partial charge is 0.490 e. The Labute approximate surface area is 158 Å². The van der Waals surface area contributed by atoms with Crippen LogP contribution in [0, 0.1) is 6.92 Å². The van der Waals surface area contributed by atoms with E-state index in [9.17, 15) is 9.59 Å². The number of carbonyl (C=O) groups is 1. The molecule has 2 N–H and O–H groups in total. The number of hydrogen-bond donors (Lipinski definition) is 2. The average Bonchev–Trinajstić information content (AvgIpc) is 2.57. The molecule has 0 spiro atoms. The molecule has 0 unspecified atom stereocenters. The van der Waals surface area contributed by atoms with Gasteiger partial charge in [0.2, 0.25) is 0 Å². The van der Waals surface area contributed by atoms with Crippen LogP contribution in [0.4, 0.5) is 0 Å². The van der Waals surface area contributed by atoms with E-state index in [0.29, 0.717) is 40.4 Å². The lowest BCUT2D eigenvalue weighted by atomic mass is 10.2. The summed E-state index contributed by atoms with van der Waals surface area (Å²) in [5.74, 6) is 0.604. The quantitative estimate of drug-likeness (QED) is 0.526. The minimum atomic E-state index is -0.587. The Morgan fingerprint density at radius 1 is 1.31 bits per heavy atom. The molecule has 1 aromatic carbocycles. The third kappa shape index (κ3) is 5.16. The van der Waals surface area contributed by atoms with Gasteiger partial charge in [0, 0.05) is 5.69 Å². The van der Waals surface area contributed by atoms with Crippen molar-refractivity contribution in [2.24, 2.45) is 5.10 Å². The van der Waals surface area contributed by atoms with E-state index in [0.717, 1.165) is 0 Å². The number of halogens is 1. The molecule has 26 heavy (non-hydrogen) atoms. The van der Waals surface area contributed by atoms with Crippen molar-refractivity contribution in [1.82, 2.24) is 15.4 Å². The highest BCUT2D eigenvalue weighted by atomic mass is 79.9. The second kappa shape index (κ2) is 9.14. The number of H-pyrrole nitrogens is 1. The van der Waals surface area contributed by atoms with Gasteiger partial charge in [-0.2, -0.15) is 10.1 Å². The summed E-state index contributed by atoms with van der Waals surface area (Å²) in [5, 5.41) is 3.90. The maximum Gasteiger partial charge on any atom is 0.345 e. The molecular formula is C17H19BrN4O4. The normalized spacial score (nSPS) is 10.8. The summed E-state index contributed by atoms with van der Waals surface area (Å²) in [7, 11) is 0. The summed E-state index contributed by atoms with van der Waals surface area (Å²) >= 11 is 3.44. The van der Waals surface area contributed by atoms with E-state index < -0.39 is 11.6 Å². The summed E-state index contributed by atoms with van der Waals surface area (Å²) in [6, 6.07) is 5.01. The molecule has 2 aromatic rings. The summed E-state index contributed by atoms with van der Waals surface area (Å²) < 4.78 is 11.9. The Morgan fingerprint density at radius 2 is 2.04 bits per heavy atom. The number of aromatic amines is 1. The first kappa shape index (κ1) is 19.6. The SMILES string of the molecule is CCOc1cc(/C=N/NC(=O)c2cc(C)[nH]c(=O)n2)cc(Br)c1OCC. The van der Waals surface area contributed by atoms with Gasteiger partial charge in [-0.15, -0.1) is 0 Å². The molecule has 0 aliphatic rings. The molecule has 1 aromatic heterocycles. The first-order valence-corrected chi connectivity index (χ1v) is 8.74. The van der Waals surface area contributed by atoms with Crippen LogP contribution in [-0.2, 0) is 0 Å². The average molecular weight is 423 g/mol. The predicted molar refractivity (Wildman–Crippen MR) is 101 cm³/mol. The van der Waals surface area contributed by atoms with Crippen molar-refractivity contribution >= 4 is 28.1 Å². The fraction of sp³-hybridized carbons (Fsp3) is 0.294. The molecule has 0 bridgehead atoms. The zero-order chi connectivity index (χ0) is 19.1. The highest BCUT2D eigenvalue weighted by Crippen LogP contribution is 2.36. The van der Waals surface area contributed by atoms with Crippen LogP contribution in [0.2, 0.25) is 0 Å². The van der Waals surface area contributed by atoms with Crippen LogP contribution >= 0.6 is 15.9 Å². The molecule has 2 rings (SSSR count). The fourth-order valence-corrected chi connectivity index (χ4v) is 2.70. The monoisotopic (exact) mass is 422 g/mol.